The SMILES string of the molecule is Brc1ccc(-c2csc(CN3CCCCC3)n2)cc1. The van der Waals surface area contributed by atoms with Gasteiger partial charge in [-0.3, -0.25) is 4.90 Å². The van der Waals surface area contributed by atoms with Crippen LogP contribution in [0.3, 0.4) is 0 Å². The van der Waals surface area contributed by atoms with Crippen molar-refractivity contribution in [3.63, 3.8) is 0 Å². The minimum Gasteiger partial charge on any atom is -0.297 e. The van der Waals surface area contributed by atoms with E-state index < -0.39 is 0 Å². The number of thiazole rings is 1. The van der Waals surface area contributed by atoms with Crippen LogP contribution in [0.25, 0.3) is 11.3 Å². The molecule has 100 valence electrons. The summed E-state index contributed by atoms with van der Waals surface area (Å²) in [4.78, 5) is 7.29. The molecule has 0 N–H and O–H groups in total. The van der Waals surface area contributed by atoms with Crippen LogP contribution in [-0.2, 0) is 6.54 Å². The molecule has 1 fully saturated rings. The Balaban J connectivity index is 1.70. The van der Waals surface area contributed by atoms with E-state index in [0.29, 0.717) is 0 Å². The Morgan fingerprint density at radius 2 is 1.84 bits per heavy atom. The summed E-state index contributed by atoms with van der Waals surface area (Å²) in [6.07, 6.45) is 4.06. The van der Waals surface area contributed by atoms with Crippen LogP contribution in [0.1, 0.15) is 24.3 Å². The van der Waals surface area contributed by atoms with Gasteiger partial charge in [-0.05, 0) is 38.1 Å². The fourth-order valence-electron chi connectivity index (χ4n) is 2.45. The highest BCUT2D eigenvalue weighted by molar-refractivity contribution is 9.10. The van der Waals surface area contributed by atoms with Crippen molar-refractivity contribution < 1.29 is 0 Å². The van der Waals surface area contributed by atoms with E-state index in [-0.39, 0.29) is 0 Å². The van der Waals surface area contributed by atoms with Gasteiger partial charge in [-0.15, -0.1) is 11.3 Å². The number of likely N-dealkylation sites (tertiary alicyclic amines) is 1. The standard InChI is InChI=1S/C15H17BrN2S/c16-13-6-4-12(5-7-13)14-11-19-15(17-14)10-18-8-2-1-3-9-18/h4-7,11H,1-3,8-10H2. The van der Waals surface area contributed by atoms with E-state index in [9.17, 15) is 0 Å². The van der Waals surface area contributed by atoms with Crippen molar-refractivity contribution in [2.75, 3.05) is 13.1 Å². The minimum absolute atomic E-state index is 1.02. The van der Waals surface area contributed by atoms with Gasteiger partial charge in [-0.2, -0.15) is 0 Å². The van der Waals surface area contributed by atoms with Crippen LogP contribution in [-0.4, -0.2) is 23.0 Å². The summed E-state index contributed by atoms with van der Waals surface area (Å²) in [5.41, 5.74) is 2.30. The van der Waals surface area contributed by atoms with E-state index in [0.717, 1.165) is 16.7 Å². The third-order valence-electron chi connectivity index (χ3n) is 3.50. The van der Waals surface area contributed by atoms with Gasteiger partial charge < -0.3 is 0 Å². The van der Waals surface area contributed by atoms with Crippen LogP contribution in [0, 0.1) is 0 Å². The largest absolute Gasteiger partial charge is 0.297 e. The summed E-state index contributed by atoms with van der Waals surface area (Å²) in [7, 11) is 0. The summed E-state index contributed by atoms with van der Waals surface area (Å²) < 4.78 is 1.11. The Morgan fingerprint density at radius 1 is 1.11 bits per heavy atom. The van der Waals surface area contributed by atoms with E-state index >= 15 is 0 Å². The molecule has 0 radical (unpaired) electrons. The summed E-state index contributed by atoms with van der Waals surface area (Å²) in [6, 6.07) is 8.37. The van der Waals surface area contributed by atoms with Crippen LogP contribution >= 0.6 is 27.3 Å². The number of halogens is 1. The van der Waals surface area contributed by atoms with Gasteiger partial charge in [0.1, 0.15) is 5.01 Å². The summed E-state index contributed by atoms with van der Waals surface area (Å²) in [5.74, 6) is 0. The Kier molecular flexibility index (Phi) is 4.31. The number of piperidine rings is 1. The van der Waals surface area contributed by atoms with Crippen molar-refractivity contribution in [2.45, 2.75) is 25.8 Å². The molecule has 0 aliphatic carbocycles. The molecule has 0 bridgehead atoms. The molecule has 1 aliphatic rings. The van der Waals surface area contributed by atoms with Gasteiger partial charge in [0.15, 0.2) is 0 Å². The Morgan fingerprint density at radius 3 is 2.58 bits per heavy atom. The first-order valence-corrected chi connectivity index (χ1v) is 8.41. The average Bonchev–Trinajstić information content (AvgIpc) is 2.89. The first-order chi connectivity index (χ1) is 9.31. The smallest absolute Gasteiger partial charge is 0.107 e. The summed E-state index contributed by atoms with van der Waals surface area (Å²) >= 11 is 5.24. The zero-order valence-corrected chi connectivity index (χ0v) is 13.2. The van der Waals surface area contributed by atoms with Gasteiger partial charge in [-0.1, -0.05) is 34.5 Å². The first-order valence-electron chi connectivity index (χ1n) is 6.74. The molecule has 1 aliphatic heterocycles. The third kappa shape index (κ3) is 3.44. The van der Waals surface area contributed by atoms with E-state index in [1.807, 2.05) is 0 Å². The van der Waals surface area contributed by atoms with Crippen LogP contribution in [0.2, 0.25) is 0 Å². The molecule has 2 nitrogen and oxygen atoms in total. The molecule has 19 heavy (non-hydrogen) atoms. The maximum Gasteiger partial charge on any atom is 0.107 e. The molecule has 0 saturated carbocycles. The highest BCUT2D eigenvalue weighted by Gasteiger charge is 2.12. The Bertz CT molecular complexity index is 529. The van der Waals surface area contributed by atoms with Crippen LogP contribution in [0.4, 0.5) is 0 Å². The lowest BCUT2D eigenvalue weighted by atomic mass is 10.1. The van der Waals surface area contributed by atoms with Gasteiger partial charge in [-0.25, -0.2) is 4.98 Å². The topological polar surface area (TPSA) is 16.1 Å². The second-order valence-corrected chi connectivity index (χ2v) is 6.83. The van der Waals surface area contributed by atoms with E-state index in [2.05, 4.69) is 50.5 Å². The van der Waals surface area contributed by atoms with Crippen molar-refractivity contribution in [3.05, 3.63) is 39.1 Å². The highest BCUT2D eigenvalue weighted by atomic mass is 79.9. The fraction of sp³-hybridized carbons (Fsp3) is 0.400. The summed E-state index contributed by atoms with van der Waals surface area (Å²) in [6.45, 7) is 3.47. The molecule has 3 rings (SSSR count). The molecule has 0 atom stereocenters. The normalized spacial score (nSPS) is 16.7. The lowest BCUT2D eigenvalue weighted by molar-refractivity contribution is 0.220. The zero-order chi connectivity index (χ0) is 13.1. The lowest BCUT2D eigenvalue weighted by Gasteiger charge is -2.25. The van der Waals surface area contributed by atoms with Gasteiger partial charge in [0.2, 0.25) is 0 Å². The third-order valence-corrected chi connectivity index (χ3v) is 4.86. The second kappa shape index (κ2) is 6.16. The van der Waals surface area contributed by atoms with Gasteiger partial charge in [0.05, 0.1) is 12.2 Å². The molecule has 0 amide bonds. The maximum absolute atomic E-state index is 4.77. The lowest BCUT2D eigenvalue weighted by Crippen LogP contribution is -2.28. The average molecular weight is 337 g/mol. The molecule has 0 unspecified atom stereocenters. The van der Waals surface area contributed by atoms with Crippen LogP contribution in [0.15, 0.2) is 34.1 Å². The van der Waals surface area contributed by atoms with E-state index in [1.54, 1.807) is 11.3 Å². The Hall–Kier alpha value is -0.710. The first kappa shape index (κ1) is 13.3. The van der Waals surface area contributed by atoms with Crippen molar-refractivity contribution in [2.24, 2.45) is 0 Å². The molecule has 0 spiro atoms. The van der Waals surface area contributed by atoms with E-state index in [4.69, 9.17) is 4.98 Å². The predicted molar refractivity (Wildman–Crippen MR) is 84.4 cm³/mol. The summed E-state index contributed by atoms with van der Waals surface area (Å²) in [5, 5.41) is 3.41. The van der Waals surface area contributed by atoms with Crippen LogP contribution < -0.4 is 0 Å². The molecule has 2 heterocycles. The van der Waals surface area contributed by atoms with Gasteiger partial charge >= 0.3 is 0 Å². The fourth-order valence-corrected chi connectivity index (χ4v) is 3.55. The van der Waals surface area contributed by atoms with Crippen molar-refractivity contribution >= 4 is 27.3 Å². The monoisotopic (exact) mass is 336 g/mol. The molecule has 1 aromatic heterocycles. The maximum atomic E-state index is 4.77. The zero-order valence-electron chi connectivity index (χ0n) is 10.8. The van der Waals surface area contributed by atoms with Crippen molar-refractivity contribution in [1.29, 1.82) is 0 Å². The predicted octanol–water partition coefficient (Wildman–Crippen LogP) is 4.56. The number of rotatable bonds is 3. The van der Waals surface area contributed by atoms with Crippen molar-refractivity contribution in [3.8, 4) is 11.3 Å². The molecule has 4 heteroatoms. The Labute approximate surface area is 126 Å². The van der Waals surface area contributed by atoms with Crippen LogP contribution in [0.5, 0.6) is 0 Å². The number of aromatic nitrogens is 1. The van der Waals surface area contributed by atoms with Gasteiger partial charge in [0, 0.05) is 15.4 Å². The molecule has 2 aromatic rings. The number of benzene rings is 1. The molecule has 1 aromatic carbocycles. The van der Waals surface area contributed by atoms with Gasteiger partial charge in [0.25, 0.3) is 0 Å². The molecular formula is C15H17BrN2S. The molecule has 1 saturated heterocycles. The highest BCUT2D eigenvalue weighted by Crippen LogP contribution is 2.24. The van der Waals surface area contributed by atoms with Crippen molar-refractivity contribution in [1.82, 2.24) is 9.88 Å². The number of hydrogen-bond acceptors (Lipinski definition) is 3. The molecular weight excluding hydrogens is 320 g/mol. The number of hydrogen-bond donors (Lipinski definition) is 0. The van der Waals surface area contributed by atoms with E-state index in [1.165, 1.54) is 42.9 Å². The number of nitrogens with zero attached hydrogens (tertiary/aromatic N) is 2. The second-order valence-electron chi connectivity index (χ2n) is 4.97. The minimum atomic E-state index is 1.02. The quantitative estimate of drug-likeness (QED) is 0.816.